The van der Waals surface area contributed by atoms with Gasteiger partial charge in [0.15, 0.2) is 0 Å². The quantitative estimate of drug-likeness (QED) is 0.668. The predicted octanol–water partition coefficient (Wildman–Crippen LogP) is 1.10. The number of aliphatic carboxylic acids is 1. The van der Waals surface area contributed by atoms with E-state index < -0.39 is 17.9 Å². The van der Waals surface area contributed by atoms with Gasteiger partial charge < -0.3 is 20.4 Å². The van der Waals surface area contributed by atoms with E-state index in [4.69, 9.17) is 10.2 Å². The molecule has 1 aromatic rings. The highest BCUT2D eigenvalue weighted by Gasteiger charge is 2.20. The molecule has 1 amide bonds. The van der Waals surface area contributed by atoms with E-state index in [1.54, 1.807) is 12.1 Å². The summed E-state index contributed by atoms with van der Waals surface area (Å²) in [4.78, 5) is 25.1. The summed E-state index contributed by atoms with van der Waals surface area (Å²) in [5.74, 6) is -1.61. The number of anilines is 1. The Hall–Kier alpha value is -2.08. The highest BCUT2D eigenvalue weighted by atomic mass is 16.4. The van der Waals surface area contributed by atoms with Crippen LogP contribution in [0.1, 0.15) is 30.6 Å². The molecule has 0 aliphatic heterocycles. The molecule has 6 heteroatoms. The molecule has 0 aliphatic rings. The number of amides is 1. The maximum absolute atomic E-state index is 12.0. The number of carboxylic acids is 1. The van der Waals surface area contributed by atoms with Crippen molar-refractivity contribution in [3.05, 3.63) is 29.8 Å². The zero-order chi connectivity index (χ0) is 15.8. The van der Waals surface area contributed by atoms with Crippen molar-refractivity contribution in [3.8, 4) is 0 Å². The van der Waals surface area contributed by atoms with Crippen LogP contribution in [0.2, 0.25) is 0 Å². The molecule has 116 valence electrons. The molecule has 0 bridgehead atoms. The van der Waals surface area contributed by atoms with Crippen molar-refractivity contribution in [2.45, 2.75) is 26.3 Å². The molecule has 6 nitrogen and oxygen atoms in total. The van der Waals surface area contributed by atoms with Gasteiger partial charge in [0.1, 0.15) is 6.04 Å². The first-order valence-electron chi connectivity index (χ1n) is 7.03. The summed E-state index contributed by atoms with van der Waals surface area (Å²) >= 11 is 0. The molecule has 1 aromatic carbocycles. The third kappa shape index (κ3) is 4.75. The van der Waals surface area contributed by atoms with Crippen molar-refractivity contribution in [2.24, 2.45) is 0 Å². The molecular formula is C15H22N2O4. The van der Waals surface area contributed by atoms with Crippen LogP contribution >= 0.6 is 0 Å². The van der Waals surface area contributed by atoms with E-state index in [0.29, 0.717) is 5.56 Å². The van der Waals surface area contributed by atoms with Gasteiger partial charge in [0.05, 0.1) is 0 Å². The molecule has 0 spiro atoms. The molecule has 0 saturated carbocycles. The fraction of sp³-hybridized carbons (Fsp3) is 0.467. The Morgan fingerprint density at radius 2 is 1.76 bits per heavy atom. The van der Waals surface area contributed by atoms with Gasteiger partial charge in [-0.15, -0.1) is 0 Å². The standard InChI is InChI=1S/C15H22N2O4/c1-3-17(4-2)12-7-5-11(6-8-12)14(19)16-13(9-10-18)15(20)21/h5-8,13,18H,3-4,9-10H2,1-2H3,(H,16,19)(H,20,21)/t13-/m0/s1. The maximum Gasteiger partial charge on any atom is 0.326 e. The Kier molecular flexibility index (Phi) is 6.68. The first-order chi connectivity index (χ1) is 10.0. The molecule has 0 heterocycles. The molecule has 1 atom stereocenters. The predicted molar refractivity (Wildman–Crippen MR) is 80.6 cm³/mol. The largest absolute Gasteiger partial charge is 0.480 e. The number of nitrogens with zero attached hydrogens (tertiary/aromatic N) is 1. The van der Waals surface area contributed by atoms with Gasteiger partial charge in [-0.25, -0.2) is 4.79 Å². The monoisotopic (exact) mass is 294 g/mol. The number of aliphatic hydroxyl groups is 1. The summed E-state index contributed by atoms with van der Waals surface area (Å²) in [6.07, 6.45) is -0.0153. The van der Waals surface area contributed by atoms with Gasteiger partial charge in [-0.2, -0.15) is 0 Å². The minimum Gasteiger partial charge on any atom is -0.480 e. The van der Waals surface area contributed by atoms with Crippen LogP contribution in [-0.4, -0.2) is 47.8 Å². The summed E-state index contributed by atoms with van der Waals surface area (Å²) in [5.41, 5.74) is 1.41. The van der Waals surface area contributed by atoms with E-state index in [1.165, 1.54) is 0 Å². The SMILES string of the molecule is CCN(CC)c1ccc(C(=O)N[C@@H](CCO)C(=O)O)cc1. The van der Waals surface area contributed by atoms with Crippen molar-refractivity contribution >= 4 is 17.6 Å². The minimum absolute atomic E-state index is 0.0153. The fourth-order valence-electron chi connectivity index (χ4n) is 2.04. The number of nitrogens with one attached hydrogen (secondary N) is 1. The highest BCUT2D eigenvalue weighted by Crippen LogP contribution is 2.15. The van der Waals surface area contributed by atoms with E-state index in [9.17, 15) is 9.59 Å². The topological polar surface area (TPSA) is 89.9 Å². The van der Waals surface area contributed by atoms with Crippen molar-refractivity contribution in [1.82, 2.24) is 5.32 Å². The molecular weight excluding hydrogens is 272 g/mol. The fourth-order valence-corrected chi connectivity index (χ4v) is 2.04. The molecule has 0 saturated heterocycles. The summed E-state index contributed by atoms with van der Waals surface area (Å²) in [5, 5.41) is 20.1. The van der Waals surface area contributed by atoms with Crippen LogP contribution in [0.3, 0.4) is 0 Å². The van der Waals surface area contributed by atoms with E-state index in [1.807, 2.05) is 12.1 Å². The zero-order valence-corrected chi connectivity index (χ0v) is 12.4. The van der Waals surface area contributed by atoms with Crippen LogP contribution in [0.5, 0.6) is 0 Å². The van der Waals surface area contributed by atoms with Gasteiger partial charge in [-0.05, 0) is 38.1 Å². The van der Waals surface area contributed by atoms with Gasteiger partial charge in [0.25, 0.3) is 5.91 Å². The average molecular weight is 294 g/mol. The van der Waals surface area contributed by atoms with Gasteiger partial charge in [0.2, 0.25) is 0 Å². The second kappa shape index (κ2) is 8.26. The first kappa shape index (κ1) is 17.0. The lowest BCUT2D eigenvalue weighted by atomic mass is 10.1. The maximum atomic E-state index is 12.0. The molecule has 0 aromatic heterocycles. The number of rotatable bonds is 8. The van der Waals surface area contributed by atoms with Crippen LogP contribution < -0.4 is 10.2 Å². The Morgan fingerprint density at radius 3 is 2.19 bits per heavy atom. The van der Waals surface area contributed by atoms with Gasteiger partial charge in [-0.3, -0.25) is 4.79 Å². The van der Waals surface area contributed by atoms with E-state index in [-0.39, 0.29) is 13.0 Å². The number of carbonyl (C=O) groups is 2. The number of carboxylic acid groups (broad SMARTS) is 1. The van der Waals surface area contributed by atoms with Crippen LogP contribution in [-0.2, 0) is 4.79 Å². The first-order valence-corrected chi connectivity index (χ1v) is 7.03. The molecule has 0 fully saturated rings. The van der Waals surface area contributed by atoms with Crippen LogP contribution in [0.4, 0.5) is 5.69 Å². The van der Waals surface area contributed by atoms with Gasteiger partial charge in [-0.1, -0.05) is 0 Å². The lowest BCUT2D eigenvalue weighted by Crippen LogP contribution is -2.41. The van der Waals surface area contributed by atoms with E-state index >= 15 is 0 Å². The molecule has 3 N–H and O–H groups in total. The van der Waals surface area contributed by atoms with Gasteiger partial charge >= 0.3 is 5.97 Å². The summed E-state index contributed by atoms with van der Waals surface area (Å²) in [6.45, 7) is 5.56. The second-order valence-corrected chi connectivity index (χ2v) is 4.60. The second-order valence-electron chi connectivity index (χ2n) is 4.60. The van der Waals surface area contributed by atoms with Crippen molar-refractivity contribution in [2.75, 3.05) is 24.6 Å². The normalized spacial score (nSPS) is 11.8. The molecule has 1 rings (SSSR count). The smallest absolute Gasteiger partial charge is 0.326 e. The van der Waals surface area contributed by atoms with Gasteiger partial charge in [0, 0.05) is 37.4 Å². The zero-order valence-electron chi connectivity index (χ0n) is 12.4. The van der Waals surface area contributed by atoms with Crippen molar-refractivity contribution in [1.29, 1.82) is 0 Å². The Labute approximate surface area is 124 Å². The van der Waals surface area contributed by atoms with E-state index in [2.05, 4.69) is 24.1 Å². The van der Waals surface area contributed by atoms with Crippen LogP contribution in [0.25, 0.3) is 0 Å². The number of benzene rings is 1. The Morgan fingerprint density at radius 1 is 1.19 bits per heavy atom. The summed E-state index contributed by atoms with van der Waals surface area (Å²) < 4.78 is 0. The number of hydrogen-bond acceptors (Lipinski definition) is 4. The minimum atomic E-state index is -1.16. The lowest BCUT2D eigenvalue weighted by molar-refractivity contribution is -0.139. The molecule has 21 heavy (non-hydrogen) atoms. The van der Waals surface area contributed by atoms with Crippen LogP contribution in [0.15, 0.2) is 24.3 Å². The van der Waals surface area contributed by atoms with Crippen molar-refractivity contribution < 1.29 is 19.8 Å². The Bertz CT molecular complexity index is 469. The number of carbonyl (C=O) groups excluding carboxylic acids is 1. The summed E-state index contributed by atoms with van der Waals surface area (Å²) in [7, 11) is 0. The van der Waals surface area contributed by atoms with E-state index in [0.717, 1.165) is 18.8 Å². The third-order valence-electron chi connectivity index (χ3n) is 3.28. The molecule has 0 aliphatic carbocycles. The molecule has 0 unspecified atom stereocenters. The lowest BCUT2D eigenvalue weighted by Gasteiger charge is -2.21. The average Bonchev–Trinajstić information content (AvgIpc) is 2.48. The highest BCUT2D eigenvalue weighted by molar-refractivity contribution is 5.96. The number of aliphatic hydroxyl groups excluding tert-OH is 1. The number of hydrogen-bond donors (Lipinski definition) is 3. The summed E-state index contributed by atoms with van der Waals surface area (Å²) in [6, 6.07) is 5.93. The van der Waals surface area contributed by atoms with Crippen LogP contribution in [0, 0.1) is 0 Å². The molecule has 0 radical (unpaired) electrons. The third-order valence-corrected chi connectivity index (χ3v) is 3.28. The van der Waals surface area contributed by atoms with Crippen molar-refractivity contribution in [3.63, 3.8) is 0 Å². The Balaban J connectivity index is 2.77.